The third kappa shape index (κ3) is 6.50. The number of para-hydroxylation sites is 2. The van der Waals surface area contributed by atoms with Gasteiger partial charge in [-0.05, 0) is 100 Å². The number of anilines is 3. The van der Waals surface area contributed by atoms with Crippen LogP contribution in [0.4, 0.5) is 17.1 Å². The van der Waals surface area contributed by atoms with Crippen LogP contribution in [0, 0.1) is 0 Å². The zero-order valence-corrected chi connectivity index (χ0v) is 35.2. The van der Waals surface area contributed by atoms with Crippen LogP contribution in [-0.2, 0) is 0 Å². The van der Waals surface area contributed by atoms with Gasteiger partial charge in [-0.25, -0.2) is 0 Å². The first-order valence-corrected chi connectivity index (χ1v) is 22.3. The van der Waals surface area contributed by atoms with E-state index in [9.17, 15) is 0 Å². The van der Waals surface area contributed by atoms with Crippen LogP contribution < -0.4 is 4.90 Å². The Bertz CT molecular complexity index is 3510. The molecule has 0 aliphatic rings. The lowest BCUT2D eigenvalue weighted by molar-refractivity contribution is 1.18. The quantitative estimate of drug-likeness (QED) is 0.148. The first kappa shape index (κ1) is 36.8. The molecular formula is C60H40N2S. The van der Waals surface area contributed by atoms with Gasteiger partial charge in [0.05, 0.1) is 22.4 Å². The third-order valence-corrected chi connectivity index (χ3v) is 13.5. The minimum atomic E-state index is 1.10. The van der Waals surface area contributed by atoms with Gasteiger partial charge in [-0.3, -0.25) is 0 Å². The standard InChI is InChI=1S/C60H40N2S/c1-4-16-41(17-5-1)44-28-32-47(33-29-44)61(48-34-35-52-51-24-12-15-27-59(51)63-60(52)40-48)55-25-13-10-22-49(55)50-23-11-14-26-56(50)62-57-36-30-45(42-18-6-2-7-19-42)38-53(57)54-39-46(31-37-58(54)62)43-20-8-3-9-21-43/h1-40H. The average Bonchev–Trinajstić information content (AvgIpc) is 3.90. The van der Waals surface area contributed by atoms with Gasteiger partial charge in [0.25, 0.3) is 0 Å². The maximum atomic E-state index is 2.47. The molecule has 2 heterocycles. The van der Waals surface area contributed by atoms with E-state index in [2.05, 4.69) is 252 Å². The van der Waals surface area contributed by atoms with Crippen LogP contribution in [0.3, 0.4) is 0 Å². The van der Waals surface area contributed by atoms with Gasteiger partial charge < -0.3 is 9.47 Å². The van der Waals surface area contributed by atoms with Gasteiger partial charge in [0.2, 0.25) is 0 Å². The molecule has 2 aromatic heterocycles. The molecule has 0 bridgehead atoms. The lowest BCUT2D eigenvalue weighted by Crippen LogP contribution is -2.11. The van der Waals surface area contributed by atoms with E-state index in [1.54, 1.807) is 0 Å². The highest BCUT2D eigenvalue weighted by molar-refractivity contribution is 7.25. The summed E-state index contributed by atoms with van der Waals surface area (Å²) in [5.41, 5.74) is 16.3. The second-order valence-corrected chi connectivity index (χ2v) is 17.2. The average molecular weight is 821 g/mol. The minimum Gasteiger partial charge on any atom is -0.310 e. The summed E-state index contributed by atoms with van der Waals surface area (Å²) in [6, 6.07) is 88.5. The van der Waals surface area contributed by atoms with Crippen molar-refractivity contribution < 1.29 is 0 Å². The van der Waals surface area contributed by atoms with Gasteiger partial charge in [0.1, 0.15) is 0 Å². The summed E-state index contributed by atoms with van der Waals surface area (Å²) in [7, 11) is 0. The Morgan fingerprint density at radius 3 is 1.43 bits per heavy atom. The number of benzene rings is 10. The van der Waals surface area contributed by atoms with Gasteiger partial charge in [-0.15, -0.1) is 11.3 Å². The molecule has 0 amide bonds. The van der Waals surface area contributed by atoms with Crippen molar-refractivity contribution in [2.45, 2.75) is 0 Å². The molecule has 0 radical (unpaired) electrons. The van der Waals surface area contributed by atoms with Crippen molar-refractivity contribution in [3.8, 4) is 50.2 Å². The van der Waals surface area contributed by atoms with Gasteiger partial charge in [-0.1, -0.05) is 176 Å². The summed E-state index contributed by atoms with van der Waals surface area (Å²) in [6.45, 7) is 0. The van der Waals surface area contributed by atoms with Crippen molar-refractivity contribution in [1.29, 1.82) is 0 Å². The maximum Gasteiger partial charge on any atom is 0.0541 e. The summed E-state index contributed by atoms with van der Waals surface area (Å²) in [5, 5.41) is 5.04. The summed E-state index contributed by atoms with van der Waals surface area (Å²) < 4.78 is 5.05. The second kappa shape index (κ2) is 15.5. The van der Waals surface area contributed by atoms with Crippen LogP contribution in [0.15, 0.2) is 243 Å². The lowest BCUT2D eigenvalue weighted by Gasteiger charge is -2.29. The number of aromatic nitrogens is 1. The number of rotatable bonds is 8. The summed E-state index contributed by atoms with van der Waals surface area (Å²) in [5.74, 6) is 0. The Morgan fingerprint density at radius 2 is 0.778 bits per heavy atom. The highest BCUT2D eigenvalue weighted by Gasteiger charge is 2.22. The van der Waals surface area contributed by atoms with E-state index in [-0.39, 0.29) is 0 Å². The van der Waals surface area contributed by atoms with E-state index in [0.717, 1.165) is 33.9 Å². The largest absolute Gasteiger partial charge is 0.310 e. The molecule has 0 atom stereocenters. The number of hydrogen-bond donors (Lipinski definition) is 0. The summed E-state index contributed by atoms with van der Waals surface area (Å²) >= 11 is 1.86. The molecule has 0 aliphatic carbocycles. The SMILES string of the molecule is c1ccc(-c2ccc(N(c3ccc4c(c3)sc3ccccc34)c3ccccc3-c3ccccc3-n3c4ccc(-c5ccccc5)cc4c4cc(-c5ccccc5)ccc43)cc2)cc1. The van der Waals surface area contributed by atoms with Crippen LogP contribution in [0.2, 0.25) is 0 Å². The Labute approximate surface area is 370 Å². The van der Waals surface area contributed by atoms with Crippen molar-refractivity contribution in [2.75, 3.05) is 4.90 Å². The highest BCUT2D eigenvalue weighted by Crippen LogP contribution is 2.46. The molecule has 3 heteroatoms. The number of fused-ring (bicyclic) bond motifs is 6. The smallest absolute Gasteiger partial charge is 0.0541 e. The van der Waals surface area contributed by atoms with E-state index >= 15 is 0 Å². The third-order valence-electron chi connectivity index (χ3n) is 12.4. The van der Waals surface area contributed by atoms with Crippen molar-refractivity contribution in [1.82, 2.24) is 4.57 Å². The molecular weight excluding hydrogens is 781 g/mol. The fourth-order valence-electron chi connectivity index (χ4n) is 9.41. The first-order chi connectivity index (χ1) is 31.2. The Balaban J connectivity index is 1.07. The highest BCUT2D eigenvalue weighted by atomic mass is 32.1. The Hall–Kier alpha value is -7.98. The van der Waals surface area contributed by atoms with E-state index in [4.69, 9.17) is 0 Å². The van der Waals surface area contributed by atoms with E-state index < -0.39 is 0 Å². The topological polar surface area (TPSA) is 8.17 Å². The van der Waals surface area contributed by atoms with Crippen LogP contribution in [0.25, 0.3) is 92.2 Å². The van der Waals surface area contributed by atoms with E-state index in [0.29, 0.717) is 0 Å². The molecule has 0 saturated carbocycles. The molecule has 0 spiro atoms. The van der Waals surface area contributed by atoms with Gasteiger partial charge in [0, 0.05) is 53.4 Å². The summed E-state index contributed by atoms with van der Waals surface area (Å²) in [4.78, 5) is 2.44. The Morgan fingerprint density at radius 1 is 0.302 bits per heavy atom. The van der Waals surface area contributed by atoms with Crippen LogP contribution in [-0.4, -0.2) is 4.57 Å². The Kier molecular flexibility index (Phi) is 9.06. The number of hydrogen-bond acceptors (Lipinski definition) is 2. The fraction of sp³-hybridized carbons (Fsp3) is 0. The molecule has 296 valence electrons. The predicted molar refractivity (Wildman–Crippen MR) is 270 cm³/mol. The van der Waals surface area contributed by atoms with Crippen LogP contribution in [0.5, 0.6) is 0 Å². The molecule has 12 rings (SSSR count). The predicted octanol–water partition coefficient (Wildman–Crippen LogP) is 17.3. The molecule has 0 aliphatic heterocycles. The number of thiophene rings is 1. The van der Waals surface area contributed by atoms with Crippen LogP contribution in [0.1, 0.15) is 0 Å². The normalized spacial score (nSPS) is 11.5. The zero-order chi connectivity index (χ0) is 41.7. The molecule has 0 unspecified atom stereocenters. The molecule has 63 heavy (non-hydrogen) atoms. The van der Waals surface area contributed by atoms with Gasteiger partial charge >= 0.3 is 0 Å². The van der Waals surface area contributed by atoms with Crippen molar-refractivity contribution in [3.63, 3.8) is 0 Å². The fourth-order valence-corrected chi connectivity index (χ4v) is 10.5. The van der Waals surface area contributed by atoms with Crippen LogP contribution >= 0.6 is 11.3 Å². The van der Waals surface area contributed by atoms with Crippen molar-refractivity contribution in [3.05, 3.63) is 243 Å². The first-order valence-electron chi connectivity index (χ1n) is 21.5. The summed E-state index contributed by atoms with van der Waals surface area (Å²) in [6.07, 6.45) is 0. The van der Waals surface area contributed by atoms with E-state index in [1.165, 1.54) is 75.4 Å². The van der Waals surface area contributed by atoms with Crippen molar-refractivity contribution >= 4 is 70.4 Å². The molecule has 0 fully saturated rings. The van der Waals surface area contributed by atoms with Crippen molar-refractivity contribution in [2.24, 2.45) is 0 Å². The van der Waals surface area contributed by atoms with Gasteiger partial charge in [0.15, 0.2) is 0 Å². The molecule has 10 aromatic carbocycles. The lowest BCUT2D eigenvalue weighted by atomic mass is 9.99. The monoisotopic (exact) mass is 820 g/mol. The molecule has 0 saturated heterocycles. The zero-order valence-electron chi connectivity index (χ0n) is 34.4. The minimum absolute atomic E-state index is 1.10. The maximum absolute atomic E-state index is 2.47. The number of nitrogens with zero attached hydrogens (tertiary/aromatic N) is 2. The molecule has 0 N–H and O–H groups in total. The van der Waals surface area contributed by atoms with E-state index in [1.807, 2.05) is 11.3 Å². The molecule has 12 aromatic rings. The second-order valence-electron chi connectivity index (χ2n) is 16.1. The molecule has 2 nitrogen and oxygen atoms in total. The van der Waals surface area contributed by atoms with Gasteiger partial charge in [-0.2, -0.15) is 0 Å².